The van der Waals surface area contributed by atoms with Crippen LogP contribution in [0.5, 0.6) is 11.5 Å². The van der Waals surface area contributed by atoms with Gasteiger partial charge >= 0.3 is 12.0 Å². The van der Waals surface area contributed by atoms with Gasteiger partial charge in [-0.15, -0.1) is 0 Å². The van der Waals surface area contributed by atoms with Crippen molar-refractivity contribution in [3.8, 4) is 11.5 Å². The molecule has 2 rings (SSSR count). The largest absolute Gasteiger partial charge is 0.497 e. The number of unbranched alkanes of at least 4 members (excludes halogenated alkanes) is 1. The number of ether oxygens (including phenoxy) is 3. The van der Waals surface area contributed by atoms with Crippen LogP contribution in [0.3, 0.4) is 0 Å². The van der Waals surface area contributed by atoms with Crippen LogP contribution in [0.1, 0.15) is 38.3 Å². The SMILES string of the molecule is CCCCOC(=O)C1=C(C)N(C)C(=O)N[C@@H]1c1cc(OC)ccc1OC. The number of rotatable bonds is 7. The normalized spacial score (nSPS) is 17.0. The second kappa shape index (κ2) is 8.60. The lowest BCUT2D eigenvalue weighted by atomic mass is 9.94. The number of nitrogens with zero attached hydrogens (tertiary/aromatic N) is 1. The van der Waals surface area contributed by atoms with Crippen LogP contribution in [0.4, 0.5) is 4.79 Å². The first kappa shape index (κ1) is 19.6. The Labute approximate surface area is 153 Å². The first-order valence-corrected chi connectivity index (χ1v) is 8.58. The van der Waals surface area contributed by atoms with Crippen LogP contribution in [0.15, 0.2) is 29.5 Å². The van der Waals surface area contributed by atoms with Gasteiger partial charge in [-0.1, -0.05) is 13.3 Å². The van der Waals surface area contributed by atoms with E-state index in [9.17, 15) is 9.59 Å². The average Bonchev–Trinajstić information content (AvgIpc) is 2.65. The fraction of sp³-hybridized carbons (Fsp3) is 0.474. The Morgan fingerprint density at radius 1 is 1.27 bits per heavy atom. The minimum atomic E-state index is -0.683. The van der Waals surface area contributed by atoms with Crippen molar-refractivity contribution in [1.29, 1.82) is 0 Å². The number of hydrogen-bond acceptors (Lipinski definition) is 5. The lowest BCUT2D eigenvalue weighted by Crippen LogP contribution is -2.46. The Hall–Kier alpha value is -2.70. The first-order chi connectivity index (χ1) is 12.4. The fourth-order valence-electron chi connectivity index (χ4n) is 2.79. The fourth-order valence-corrected chi connectivity index (χ4v) is 2.79. The van der Waals surface area contributed by atoms with E-state index in [0.717, 1.165) is 12.8 Å². The molecule has 0 bridgehead atoms. The average molecular weight is 362 g/mol. The summed E-state index contributed by atoms with van der Waals surface area (Å²) in [6.07, 6.45) is 1.71. The molecular formula is C19H26N2O5. The zero-order valence-corrected chi connectivity index (χ0v) is 15.9. The van der Waals surface area contributed by atoms with Crippen molar-refractivity contribution < 1.29 is 23.8 Å². The van der Waals surface area contributed by atoms with Crippen LogP contribution in [-0.2, 0) is 9.53 Å². The van der Waals surface area contributed by atoms with Gasteiger partial charge in [0.25, 0.3) is 0 Å². The number of urea groups is 1. The van der Waals surface area contributed by atoms with Crippen molar-refractivity contribution in [3.05, 3.63) is 35.0 Å². The van der Waals surface area contributed by atoms with Crippen LogP contribution in [0.2, 0.25) is 0 Å². The predicted octanol–water partition coefficient (Wildman–Crippen LogP) is 3.02. The van der Waals surface area contributed by atoms with Gasteiger partial charge in [0.05, 0.1) is 32.4 Å². The summed E-state index contributed by atoms with van der Waals surface area (Å²) >= 11 is 0. The van der Waals surface area contributed by atoms with E-state index in [0.29, 0.717) is 34.9 Å². The van der Waals surface area contributed by atoms with Gasteiger partial charge in [0.15, 0.2) is 0 Å². The zero-order chi connectivity index (χ0) is 19.3. The molecule has 7 heteroatoms. The Kier molecular flexibility index (Phi) is 6.49. The van der Waals surface area contributed by atoms with Gasteiger partial charge in [-0.2, -0.15) is 0 Å². The second-order valence-corrected chi connectivity index (χ2v) is 6.04. The minimum Gasteiger partial charge on any atom is -0.497 e. The monoisotopic (exact) mass is 362 g/mol. The van der Waals surface area contributed by atoms with Gasteiger partial charge in [-0.25, -0.2) is 9.59 Å². The molecule has 0 fully saturated rings. The maximum Gasteiger partial charge on any atom is 0.338 e. The molecule has 1 aromatic rings. The first-order valence-electron chi connectivity index (χ1n) is 8.58. The third-order valence-electron chi connectivity index (χ3n) is 4.45. The summed E-state index contributed by atoms with van der Waals surface area (Å²) in [7, 11) is 4.71. The number of benzene rings is 1. The molecule has 1 heterocycles. The highest BCUT2D eigenvalue weighted by molar-refractivity contribution is 5.95. The highest BCUT2D eigenvalue weighted by atomic mass is 16.5. The van der Waals surface area contributed by atoms with E-state index in [1.54, 1.807) is 39.3 Å². The molecule has 7 nitrogen and oxygen atoms in total. The molecule has 0 aromatic heterocycles. The zero-order valence-electron chi connectivity index (χ0n) is 15.9. The maximum absolute atomic E-state index is 12.7. The molecule has 2 amide bonds. The summed E-state index contributed by atoms with van der Waals surface area (Å²) in [5, 5.41) is 2.85. The van der Waals surface area contributed by atoms with Gasteiger partial charge < -0.3 is 24.4 Å². The summed E-state index contributed by atoms with van der Waals surface area (Å²) < 4.78 is 16.1. The number of hydrogen-bond donors (Lipinski definition) is 1. The summed E-state index contributed by atoms with van der Waals surface area (Å²) in [4.78, 5) is 26.5. The number of methoxy groups -OCH3 is 2. The minimum absolute atomic E-state index is 0.303. The summed E-state index contributed by atoms with van der Waals surface area (Å²) in [5.41, 5.74) is 1.56. The number of nitrogens with one attached hydrogen (secondary N) is 1. The third-order valence-corrected chi connectivity index (χ3v) is 4.45. The molecule has 1 N–H and O–H groups in total. The topological polar surface area (TPSA) is 77.1 Å². The highest BCUT2D eigenvalue weighted by Crippen LogP contribution is 2.37. The molecule has 1 aliphatic heterocycles. The third kappa shape index (κ3) is 3.92. The summed E-state index contributed by atoms with van der Waals surface area (Å²) in [5.74, 6) is 0.704. The molecule has 1 aliphatic rings. The van der Waals surface area contributed by atoms with Crippen molar-refractivity contribution in [2.75, 3.05) is 27.9 Å². The van der Waals surface area contributed by atoms with Crippen LogP contribution >= 0.6 is 0 Å². The molecule has 0 saturated heterocycles. The van der Waals surface area contributed by atoms with Gasteiger partial charge in [0.2, 0.25) is 0 Å². The van der Waals surface area contributed by atoms with Gasteiger partial charge in [0.1, 0.15) is 11.5 Å². The van der Waals surface area contributed by atoms with E-state index in [4.69, 9.17) is 14.2 Å². The van der Waals surface area contributed by atoms with Crippen LogP contribution in [-0.4, -0.2) is 44.8 Å². The molecular weight excluding hydrogens is 336 g/mol. The molecule has 142 valence electrons. The Balaban J connectivity index is 2.50. The summed E-state index contributed by atoms with van der Waals surface area (Å²) in [6, 6.07) is 4.27. The van der Waals surface area contributed by atoms with Gasteiger partial charge in [0, 0.05) is 18.3 Å². The van der Waals surface area contributed by atoms with Gasteiger partial charge in [-0.3, -0.25) is 0 Å². The molecule has 0 saturated carbocycles. The van der Waals surface area contributed by atoms with E-state index in [2.05, 4.69) is 5.32 Å². The van der Waals surface area contributed by atoms with E-state index >= 15 is 0 Å². The van der Waals surface area contributed by atoms with Crippen LogP contribution in [0.25, 0.3) is 0 Å². The number of amides is 2. The lowest BCUT2D eigenvalue weighted by molar-refractivity contribution is -0.139. The van der Waals surface area contributed by atoms with E-state index in [1.807, 2.05) is 6.92 Å². The van der Waals surface area contributed by atoms with E-state index in [-0.39, 0.29) is 6.03 Å². The molecule has 1 aromatic carbocycles. The number of carbonyl (C=O) groups excluding carboxylic acids is 2. The number of carbonyl (C=O) groups is 2. The summed E-state index contributed by atoms with van der Waals surface area (Å²) in [6.45, 7) is 4.09. The molecule has 0 spiro atoms. The molecule has 0 aliphatic carbocycles. The molecule has 26 heavy (non-hydrogen) atoms. The molecule has 0 unspecified atom stereocenters. The lowest BCUT2D eigenvalue weighted by Gasteiger charge is -2.33. The Bertz CT molecular complexity index is 714. The number of allylic oxidation sites excluding steroid dienone is 1. The molecule has 0 radical (unpaired) electrons. The van der Waals surface area contributed by atoms with E-state index in [1.165, 1.54) is 12.0 Å². The van der Waals surface area contributed by atoms with Crippen molar-refractivity contribution in [1.82, 2.24) is 10.2 Å². The van der Waals surface area contributed by atoms with Crippen molar-refractivity contribution in [3.63, 3.8) is 0 Å². The number of esters is 1. The molecule has 1 atom stereocenters. The van der Waals surface area contributed by atoms with Crippen LogP contribution < -0.4 is 14.8 Å². The smallest absolute Gasteiger partial charge is 0.338 e. The van der Waals surface area contributed by atoms with Gasteiger partial charge in [-0.05, 0) is 31.5 Å². The maximum atomic E-state index is 12.7. The van der Waals surface area contributed by atoms with E-state index < -0.39 is 12.0 Å². The van der Waals surface area contributed by atoms with Crippen molar-refractivity contribution >= 4 is 12.0 Å². The van der Waals surface area contributed by atoms with Crippen LogP contribution in [0, 0.1) is 0 Å². The highest BCUT2D eigenvalue weighted by Gasteiger charge is 2.36. The second-order valence-electron chi connectivity index (χ2n) is 6.04. The quantitative estimate of drug-likeness (QED) is 0.596. The van der Waals surface area contributed by atoms with Crippen molar-refractivity contribution in [2.24, 2.45) is 0 Å². The predicted molar refractivity (Wildman–Crippen MR) is 97.1 cm³/mol. The standard InChI is InChI=1S/C19H26N2O5/c1-6-7-10-26-18(22)16-12(2)21(3)19(23)20-17(16)14-11-13(24-4)8-9-15(14)25-5/h8-9,11,17H,6-7,10H2,1-5H3,(H,20,23)/t17-/m1/s1. The Morgan fingerprint density at radius 3 is 2.62 bits per heavy atom. The van der Waals surface area contributed by atoms with Crippen molar-refractivity contribution in [2.45, 2.75) is 32.7 Å². The Morgan fingerprint density at radius 2 is 2.00 bits per heavy atom.